The van der Waals surface area contributed by atoms with E-state index in [-0.39, 0.29) is 50.4 Å². The van der Waals surface area contributed by atoms with Gasteiger partial charge in [0.05, 0.1) is 43.7 Å². The van der Waals surface area contributed by atoms with Gasteiger partial charge < -0.3 is 109 Å². The van der Waals surface area contributed by atoms with E-state index in [0.717, 1.165) is 44.9 Å². The van der Waals surface area contributed by atoms with E-state index in [4.69, 9.17) is 42.6 Å². The van der Waals surface area contributed by atoms with Gasteiger partial charge in [-0.25, -0.2) is 4.79 Å². The van der Waals surface area contributed by atoms with E-state index in [9.17, 15) is 71.2 Å². The van der Waals surface area contributed by atoms with Crippen LogP contribution in [0.15, 0.2) is 0 Å². The number of hydrogen-bond acceptors (Lipinski definition) is 22. The Morgan fingerprint density at radius 3 is 1.73 bits per heavy atom. The number of carboxylic acids is 1. The summed E-state index contributed by atoms with van der Waals surface area (Å²) in [4.78, 5) is 13.4. The fourth-order valence-corrected chi connectivity index (χ4v) is 17.9. The minimum Gasteiger partial charge on any atom is -0.479 e. The predicted molar refractivity (Wildman–Crippen MR) is 261 cm³/mol. The van der Waals surface area contributed by atoms with Crippen LogP contribution >= 0.6 is 0 Å². The molecule has 10 aliphatic rings. The molecule has 5 saturated heterocycles. The molecule has 5 heterocycles. The second-order valence-corrected chi connectivity index (χ2v) is 27.1. The highest BCUT2D eigenvalue weighted by Crippen LogP contribution is 2.80. The van der Waals surface area contributed by atoms with Crippen molar-refractivity contribution in [1.82, 2.24) is 0 Å². The third-order valence-corrected chi connectivity index (χ3v) is 22.5. The second kappa shape index (κ2) is 20.5. The zero-order valence-electron chi connectivity index (χ0n) is 45.5. The monoisotopic (exact) mass is 1100 g/mol. The highest BCUT2D eigenvalue weighted by Gasteiger charge is 2.80. The summed E-state index contributed by atoms with van der Waals surface area (Å²) in [7, 11) is 0. The molecule has 13 N–H and O–H groups in total. The number of hydrogen-bond donors (Lipinski definition) is 13. The first-order valence-corrected chi connectivity index (χ1v) is 28.1. The summed E-state index contributed by atoms with van der Waals surface area (Å²) in [5.74, 6) is -1.15. The third-order valence-electron chi connectivity index (χ3n) is 22.5. The van der Waals surface area contributed by atoms with Gasteiger partial charge in [0.15, 0.2) is 31.3 Å². The molecule has 0 amide bonds. The number of aliphatic hydroxyl groups is 12. The molecule has 442 valence electrons. The van der Waals surface area contributed by atoms with Crippen molar-refractivity contribution in [3.05, 3.63) is 0 Å². The summed E-state index contributed by atoms with van der Waals surface area (Å²) >= 11 is 0. The van der Waals surface area contributed by atoms with Gasteiger partial charge in [-0.1, -0.05) is 48.5 Å². The molecule has 2 bridgehead atoms. The van der Waals surface area contributed by atoms with Crippen molar-refractivity contribution in [2.24, 2.45) is 50.2 Å². The lowest BCUT2D eigenvalue weighted by Gasteiger charge is -2.75. The van der Waals surface area contributed by atoms with Crippen LogP contribution in [0.2, 0.25) is 0 Å². The largest absolute Gasteiger partial charge is 0.479 e. The standard InChI is InChI=1S/C54H88O23/c1-22-30(58)33(61)36(64)44(70-22)75-40-35(63)32(60)24(20-56)72-46(40)74-39-38(66)41(76-45-37(65)34(62)31(59)23(19-55)71-45)47(77-42(39)43(67)68)73-29-11-12-50(6)25(49(29,4)5)9-13-51(7)26(50)10-14-54-27-17-48(2,3)15-16-53(27,21-69-54)28(57)18-52(51,54)8/h22-42,44-47,55-66H,9-21H2,1-8H3,(H,67,68)/t22-,23+,24+,25?,26?,27?,28+,29-,30-,31+,32-,33+,34-,35-,36+,37+,38-,39-,40+,41+,42-,44-,45-,46-,47+,50-,51+,52-,53+,54-/m0/s1. The lowest BCUT2D eigenvalue weighted by atomic mass is 9.30. The fraction of sp³-hybridized carbons (Fsp3) is 0.981. The van der Waals surface area contributed by atoms with Gasteiger partial charge in [-0.3, -0.25) is 0 Å². The molecule has 23 nitrogen and oxygen atoms in total. The Bertz CT molecular complexity index is 2140. The summed E-state index contributed by atoms with van der Waals surface area (Å²) in [6, 6.07) is 0. The lowest BCUT2D eigenvalue weighted by molar-refractivity contribution is -0.401. The predicted octanol–water partition coefficient (Wildman–Crippen LogP) is -1.23. The summed E-state index contributed by atoms with van der Waals surface area (Å²) < 4.78 is 55.8. The number of fused-ring (bicyclic) bond motifs is 4. The highest BCUT2D eigenvalue weighted by molar-refractivity contribution is 5.73. The van der Waals surface area contributed by atoms with Gasteiger partial charge in [-0.05, 0) is 111 Å². The van der Waals surface area contributed by atoms with Gasteiger partial charge in [0.25, 0.3) is 0 Å². The number of aliphatic hydroxyl groups excluding tert-OH is 12. The molecule has 10 rings (SSSR count). The van der Waals surface area contributed by atoms with Crippen molar-refractivity contribution in [2.75, 3.05) is 19.8 Å². The minimum atomic E-state index is -2.16. The molecule has 5 saturated carbocycles. The van der Waals surface area contributed by atoms with Gasteiger partial charge in [0, 0.05) is 10.8 Å². The molecule has 23 heteroatoms. The van der Waals surface area contributed by atoms with Crippen molar-refractivity contribution < 1.29 is 114 Å². The Labute approximate surface area is 449 Å². The second-order valence-electron chi connectivity index (χ2n) is 27.1. The van der Waals surface area contributed by atoms with Gasteiger partial charge in [-0.2, -0.15) is 0 Å². The van der Waals surface area contributed by atoms with E-state index in [0.29, 0.717) is 25.9 Å². The molecule has 3 unspecified atom stereocenters. The first-order chi connectivity index (χ1) is 36.0. The van der Waals surface area contributed by atoms with Crippen LogP contribution in [-0.2, 0) is 47.4 Å². The van der Waals surface area contributed by atoms with E-state index in [2.05, 4.69) is 48.5 Å². The molecule has 0 radical (unpaired) electrons. The number of ether oxygens (including phenoxy) is 9. The van der Waals surface area contributed by atoms with Crippen LogP contribution in [0.3, 0.4) is 0 Å². The van der Waals surface area contributed by atoms with Crippen LogP contribution in [0.4, 0.5) is 0 Å². The first kappa shape index (κ1) is 58.8. The number of carbonyl (C=O) groups is 1. The Morgan fingerprint density at radius 1 is 0.532 bits per heavy atom. The van der Waals surface area contributed by atoms with Crippen molar-refractivity contribution in [2.45, 2.75) is 260 Å². The van der Waals surface area contributed by atoms with Crippen molar-refractivity contribution in [3.63, 3.8) is 0 Å². The van der Waals surface area contributed by atoms with Crippen LogP contribution in [0.1, 0.15) is 120 Å². The summed E-state index contributed by atoms with van der Waals surface area (Å²) in [6.45, 7) is 16.3. The molecule has 5 aliphatic carbocycles. The quantitative estimate of drug-likeness (QED) is 0.108. The topological polar surface area (TPSA) is 363 Å². The number of rotatable bonds is 11. The Morgan fingerprint density at radius 2 is 1.09 bits per heavy atom. The van der Waals surface area contributed by atoms with Gasteiger partial charge in [0.1, 0.15) is 85.5 Å². The molecule has 0 aromatic rings. The molecular formula is C54H88O23. The maximum absolute atomic E-state index is 13.4. The van der Waals surface area contributed by atoms with E-state index in [1.54, 1.807) is 0 Å². The summed E-state index contributed by atoms with van der Waals surface area (Å²) in [6.07, 6.45) is -29.6. The lowest BCUT2D eigenvalue weighted by Crippen LogP contribution is -2.74. The summed E-state index contributed by atoms with van der Waals surface area (Å²) in [5.41, 5.74) is -1.86. The van der Waals surface area contributed by atoms with Gasteiger partial charge in [0.2, 0.25) is 0 Å². The zero-order valence-corrected chi connectivity index (χ0v) is 45.5. The molecule has 30 atom stereocenters. The average molecular weight is 1110 g/mol. The van der Waals surface area contributed by atoms with Crippen molar-refractivity contribution in [3.8, 4) is 0 Å². The van der Waals surface area contributed by atoms with Crippen LogP contribution in [0.5, 0.6) is 0 Å². The maximum atomic E-state index is 13.4. The van der Waals surface area contributed by atoms with E-state index in [1.165, 1.54) is 6.92 Å². The SMILES string of the molecule is C[C@@H]1O[C@@H](O[C@H]2[C@H](O[C@H]3[C@H](O)[C@@H](O[C@@H]4O[C@H](CO)[C@@H](O)[C@H](O)[C@H]4O)[C@H](O[C@H]4CC[C@@]5(C)C(CC[C@]6(C)C5CC[C@]57OC[C@@]8(CCC(C)(C)CC85)[C@H](O)C[C@]76C)C4(C)C)O[C@@H]3C(=O)O)O[C@H](CO)[C@H](O)[C@@H]2O)[C@H](O)[C@H](O)[C@H]1O. The highest BCUT2D eigenvalue weighted by atomic mass is 16.8. The summed E-state index contributed by atoms with van der Waals surface area (Å²) in [5, 5.41) is 143. The Hall–Kier alpha value is -1.37. The Kier molecular flexibility index (Phi) is 15.6. The van der Waals surface area contributed by atoms with Gasteiger partial charge in [-0.15, -0.1) is 0 Å². The van der Waals surface area contributed by atoms with Gasteiger partial charge >= 0.3 is 5.97 Å². The smallest absolute Gasteiger partial charge is 0.335 e. The molecule has 1 spiro atoms. The fourth-order valence-electron chi connectivity index (χ4n) is 17.9. The van der Waals surface area contributed by atoms with Crippen LogP contribution < -0.4 is 0 Å². The maximum Gasteiger partial charge on any atom is 0.335 e. The third kappa shape index (κ3) is 8.87. The average Bonchev–Trinajstić information content (AvgIpc) is 3.91. The minimum absolute atomic E-state index is 0.0422. The normalized spacial score (nSPS) is 57.0. The molecular weight excluding hydrogens is 1020 g/mol. The first-order valence-electron chi connectivity index (χ1n) is 28.1. The zero-order chi connectivity index (χ0) is 56.1. The molecule has 5 aliphatic heterocycles. The van der Waals surface area contributed by atoms with Crippen molar-refractivity contribution >= 4 is 5.97 Å². The molecule has 10 fully saturated rings. The number of aliphatic carboxylic acids is 1. The number of carboxylic acid groups (broad SMARTS) is 1. The van der Waals surface area contributed by atoms with E-state index < -0.39 is 160 Å². The van der Waals surface area contributed by atoms with Crippen LogP contribution in [-0.4, -0.2) is 233 Å². The molecule has 77 heavy (non-hydrogen) atoms. The van der Waals surface area contributed by atoms with Crippen molar-refractivity contribution in [1.29, 1.82) is 0 Å². The van der Waals surface area contributed by atoms with Crippen LogP contribution in [0.25, 0.3) is 0 Å². The van der Waals surface area contributed by atoms with E-state index in [1.807, 2.05) is 0 Å². The Balaban J connectivity index is 0.939. The van der Waals surface area contributed by atoms with Crippen LogP contribution in [0, 0.1) is 50.2 Å². The molecule has 0 aromatic heterocycles. The molecule has 0 aromatic carbocycles. The van der Waals surface area contributed by atoms with E-state index >= 15 is 0 Å².